The maximum Gasteiger partial charge on any atom is 0.0725 e. The molecular formula is C34H19N3. The van der Waals surface area contributed by atoms with E-state index in [2.05, 4.69) is 105 Å². The van der Waals surface area contributed by atoms with Crippen LogP contribution in [0.25, 0.3) is 81.5 Å². The Hall–Kier alpha value is -5.02. The highest BCUT2D eigenvalue weighted by molar-refractivity contribution is 6.27. The van der Waals surface area contributed by atoms with E-state index < -0.39 is 0 Å². The Morgan fingerprint density at radius 2 is 0.892 bits per heavy atom. The van der Waals surface area contributed by atoms with Gasteiger partial charge in [0.05, 0.1) is 28.9 Å². The summed E-state index contributed by atoms with van der Waals surface area (Å²) >= 11 is 0. The van der Waals surface area contributed by atoms with Crippen molar-refractivity contribution in [1.82, 2.24) is 14.4 Å². The molecular weight excluding hydrogens is 450 g/mol. The van der Waals surface area contributed by atoms with Gasteiger partial charge >= 0.3 is 0 Å². The van der Waals surface area contributed by atoms with Gasteiger partial charge in [-0.3, -0.25) is 9.97 Å². The zero-order chi connectivity index (χ0) is 24.1. The van der Waals surface area contributed by atoms with E-state index >= 15 is 0 Å². The minimum Gasteiger partial charge on any atom is -0.305 e. The monoisotopic (exact) mass is 469 g/mol. The van der Waals surface area contributed by atoms with Gasteiger partial charge in [-0.25, -0.2) is 0 Å². The fourth-order valence-corrected chi connectivity index (χ4v) is 6.49. The number of rotatable bonds is 1. The molecule has 9 aromatic rings. The van der Waals surface area contributed by atoms with Crippen LogP contribution in [0.5, 0.6) is 0 Å². The SMILES string of the molecule is c1ccc2c(c1)c1ccccc1c1cc(-c3cc4c5ccncc5n5c6cnccc6c(c3)c45)ccc21. The molecule has 3 heteroatoms. The summed E-state index contributed by atoms with van der Waals surface area (Å²) in [5.74, 6) is 0. The summed E-state index contributed by atoms with van der Waals surface area (Å²) in [4.78, 5) is 8.88. The van der Waals surface area contributed by atoms with Crippen LogP contribution in [0.4, 0.5) is 0 Å². The smallest absolute Gasteiger partial charge is 0.0725 e. The van der Waals surface area contributed by atoms with E-state index in [0.717, 1.165) is 11.0 Å². The summed E-state index contributed by atoms with van der Waals surface area (Å²) in [5, 5.41) is 12.7. The van der Waals surface area contributed by atoms with Crippen molar-refractivity contribution >= 4 is 70.4 Å². The second kappa shape index (κ2) is 6.80. The number of pyridine rings is 2. The van der Waals surface area contributed by atoms with Gasteiger partial charge in [0.15, 0.2) is 0 Å². The van der Waals surface area contributed by atoms with E-state index in [-0.39, 0.29) is 0 Å². The van der Waals surface area contributed by atoms with Crippen LogP contribution >= 0.6 is 0 Å². The van der Waals surface area contributed by atoms with Crippen LogP contribution in [0.3, 0.4) is 0 Å². The molecule has 0 bridgehead atoms. The molecule has 0 fully saturated rings. The molecule has 0 spiro atoms. The maximum atomic E-state index is 4.44. The zero-order valence-electron chi connectivity index (χ0n) is 19.8. The molecule has 4 aromatic heterocycles. The van der Waals surface area contributed by atoms with Crippen LogP contribution in [-0.4, -0.2) is 14.4 Å². The molecule has 4 heterocycles. The van der Waals surface area contributed by atoms with Gasteiger partial charge in [-0.15, -0.1) is 0 Å². The minimum absolute atomic E-state index is 1.12. The van der Waals surface area contributed by atoms with E-state index in [0.29, 0.717) is 0 Å². The molecule has 0 radical (unpaired) electrons. The Morgan fingerprint density at radius 1 is 0.405 bits per heavy atom. The molecule has 0 N–H and O–H groups in total. The summed E-state index contributed by atoms with van der Waals surface area (Å²) < 4.78 is 2.32. The predicted molar refractivity (Wildman–Crippen MR) is 155 cm³/mol. The molecule has 170 valence electrons. The number of fused-ring (bicyclic) bond motifs is 12. The molecule has 0 aliphatic carbocycles. The lowest BCUT2D eigenvalue weighted by Crippen LogP contribution is -1.85. The molecule has 0 atom stereocenters. The maximum absolute atomic E-state index is 4.44. The van der Waals surface area contributed by atoms with Gasteiger partial charge < -0.3 is 4.40 Å². The first-order chi connectivity index (χ1) is 18.4. The third kappa shape index (κ3) is 2.41. The summed E-state index contributed by atoms with van der Waals surface area (Å²) in [7, 11) is 0. The van der Waals surface area contributed by atoms with Crippen LogP contribution in [0.2, 0.25) is 0 Å². The van der Waals surface area contributed by atoms with Gasteiger partial charge in [0.25, 0.3) is 0 Å². The Labute approximate surface area is 211 Å². The van der Waals surface area contributed by atoms with Crippen molar-refractivity contribution in [1.29, 1.82) is 0 Å². The fraction of sp³-hybridized carbons (Fsp3) is 0. The number of aromatic nitrogens is 3. The molecule has 5 aromatic carbocycles. The van der Waals surface area contributed by atoms with Crippen molar-refractivity contribution in [2.75, 3.05) is 0 Å². The van der Waals surface area contributed by atoms with Crippen molar-refractivity contribution in [3.05, 3.63) is 116 Å². The summed E-state index contributed by atoms with van der Waals surface area (Å²) in [5.41, 5.74) is 5.94. The zero-order valence-corrected chi connectivity index (χ0v) is 19.8. The van der Waals surface area contributed by atoms with E-state index in [9.17, 15) is 0 Å². The lowest BCUT2D eigenvalue weighted by molar-refractivity contribution is 1.27. The summed E-state index contributed by atoms with van der Waals surface area (Å²) in [6, 6.07) is 33.4. The second-order valence-corrected chi connectivity index (χ2v) is 9.89. The quantitative estimate of drug-likeness (QED) is 0.225. The van der Waals surface area contributed by atoms with Gasteiger partial charge in [0.1, 0.15) is 0 Å². The van der Waals surface area contributed by atoms with Crippen molar-refractivity contribution in [3.8, 4) is 11.1 Å². The average Bonchev–Trinajstić information content (AvgIpc) is 3.49. The van der Waals surface area contributed by atoms with Gasteiger partial charge in [-0.1, -0.05) is 60.7 Å². The highest BCUT2D eigenvalue weighted by Gasteiger charge is 2.19. The molecule has 37 heavy (non-hydrogen) atoms. The predicted octanol–water partition coefficient (Wildman–Crippen LogP) is 8.75. The normalized spacial score (nSPS) is 12.3. The molecule has 0 saturated carbocycles. The van der Waals surface area contributed by atoms with E-state index in [4.69, 9.17) is 0 Å². The highest BCUT2D eigenvalue weighted by Crippen LogP contribution is 2.42. The van der Waals surface area contributed by atoms with Crippen molar-refractivity contribution in [2.24, 2.45) is 0 Å². The number of hydrogen-bond acceptors (Lipinski definition) is 2. The van der Waals surface area contributed by atoms with Crippen molar-refractivity contribution < 1.29 is 0 Å². The number of nitrogens with zero attached hydrogens (tertiary/aromatic N) is 3. The molecule has 0 aliphatic rings. The van der Waals surface area contributed by atoms with Crippen LogP contribution in [-0.2, 0) is 0 Å². The van der Waals surface area contributed by atoms with Crippen molar-refractivity contribution in [2.45, 2.75) is 0 Å². The van der Waals surface area contributed by atoms with Gasteiger partial charge in [-0.05, 0) is 73.8 Å². The molecule has 0 amide bonds. The van der Waals surface area contributed by atoms with Gasteiger partial charge in [-0.2, -0.15) is 0 Å². The van der Waals surface area contributed by atoms with Gasteiger partial charge in [0.2, 0.25) is 0 Å². The Bertz CT molecular complexity index is 2240. The summed E-state index contributed by atoms with van der Waals surface area (Å²) in [6.45, 7) is 0. The molecule has 0 aliphatic heterocycles. The Kier molecular flexibility index (Phi) is 3.53. The second-order valence-electron chi connectivity index (χ2n) is 9.89. The molecule has 9 rings (SSSR count). The van der Waals surface area contributed by atoms with Crippen LogP contribution in [0, 0.1) is 0 Å². The topological polar surface area (TPSA) is 30.2 Å². The Balaban J connectivity index is 1.43. The fourth-order valence-electron chi connectivity index (χ4n) is 6.49. The van der Waals surface area contributed by atoms with E-state index in [1.807, 2.05) is 24.8 Å². The van der Waals surface area contributed by atoms with Crippen LogP contribution < -0.4 is 0 Å². The number of hydrogen-bond donors (Lipinski definition) is 0. The van der Waals surface area contributed by atoms with Gasteiger partial charge in [0, 0.05) is 33.9 Å². The number of benzene rings is 5. The van der Waals surface area contributed by atoms with E-state index in [1.165, 1.54) is 70.5 Å². The first kappa shape index (κ1) is 19.2. The first-order valence-electron chi connectivity index (χ1n) is 12.6. The Morgan fingerprint density at radius 3 is 1.46 bits per heavy atom. The lowest BCUT2D eigenvalue weighted by Gasteiger charge is -2.12. The van der Waals surface area contributed by atoms with Crippen LogP contribution in [0.15, 0.2) is 116 Å². The largest absolute Gasteiger partial charge is 0.305 e. The molecule has 0 unspecified atom stereocenters. The van der Waals surface area contributed by atoms with Crippen LogP contribution in [0.1, 0.15) is 0 Å². The lowest BCUT2D eigenvalue weighted by atomic mass is 9.91. The average molecular weight is 470 g/mol. The highest BCUT2D eigenvalue weighted by atomic mass is 14.9. The first-order valence-corrected chi connectivity index (χ1v) is 12.6. The van der Waals surface area contributed by atoms with Crippen molar-refractivity contribution in [3.63, 3.8) is 0 Å². The van der Waals surface area contributed by atoms with E-state index in [1.54, 1.807) is 0 Å². The standard InChI is InChI=1S/C34H19N3/c1-2-7-24-22(5-1)23-6-3-4-8-25(23)29-15-20(9-10-26(24)29)21-16-30-27-11-13-35-18-32(27)37-33-19-36-14-12-28(33)31(17-21)34(30)37/h1-19H. The molecule has 3 nitrogen and oxygen atoms in total. The third-order valence-electron chi connectivity index (χ3n) is 8.07. The summed E-state index contributed by atoms with van der Waals surface area (Å²) in [6.07, 6.45) is 7.71. The minimum atomic E-state index is 1.12. The third-order valence-corrected chi connectivity index (χ3v) is 8.07. The molecule has 0 saturated heterocycles.